The molecule has 1 amide bonds. The van der Waals surface area contributed by atoms with E-state index in [9.17, 15) is 4.79 Å². The van der Waals surface area contributed by atoms with E-state index in [0.29, 0.717) is 36.4 Å². The normalized spacial score (nSPS) is 32.3. The van der Waals surface area contributed by atoms with Crippen LogP contribution in [0.1, 0.15) is 33.3 Å². The monoisotopic (exact) mass is 317 g/mol. The molecular weight excluding hydrogens is 290 g/mol. The molecule has 2 aliphatic rings. The Morgan fingerprint density at radius 3 is 2.61 bits per heavy atom. The predicted molar refractivity (Wildman–Crippen MR) is 89.2 cm³/mol. The first-order valence-electron chi connectivity index (χ1n) is 8.43. The van der Waals surface area contributed by atoms with Gasteiger partial charge in [0.05, 0.1) is 5.54 Å². The average Bonchev–Trinajstić information content (AvgIpc) is 3.15. The van der Waals surface area contributed by atoms with Crippen molar-refractivity contribution in [2.45, 2.75) is 52.2 Å². The van der Waals surface area contributed by atoms with Crippen LogP contribution >= 0.6 is 0 Å². The predicted octanol–water partition coefficient (Wildman–Crippen LogP) is 1.91. The second-order valence-corrected chi connectivity index (χ2v) is 7.71. The molecule has 1 aromatic heterocycles. The first-order chi connectivity index (χ1) is 10.8. The van der Waals surface area contributed by atoms with Crippen LogP contribution in [0.2, 0.25) is 0 Å². The van der Waals surface area contributed by atoms with Crippen molar-refractivity contribution in [1.82, 2.24) is 15.6 Å². The number of nitrogens with zero attached hydrogens (tertiary/aromatic N) is 1. The van der Waals surface area contributed by atoms with Crippen LogP contribution in [0.3, 0.4) is 0 Å². The summed E-state index contributed by atoms with van der Waals surface area (Å²) in [5.41, 5.74) is 0.581. The Balaban J connectivity index is 1.55. The van der Waals surface area contributed by atoms with Gasteiger partial charge in [0.2, 0.25) is 11.8 Å². The van der Waals surface area contributed by atoms with E-state index in [2.05, 4.69) is 29.5 Å². The highest BCUT2D eigenvalue weighted by molar-refractivity contribution is 5.83. The van der Waals surface area contributed by atoms with Crippen LogP contribution in [-0.4, -0.2) is 35.1 Å². The first kappa shape index (κ1) is 16.2. The fourth-order valence-corrected chi connectivity index (χ4v) is 3.96. The lowest BCUT2D eigenvalue weighted by atomic mass is 10.1. The summed E-state index contributed by atoms with van der Waals surface area (Å²) in [5.74, 6) is 1.91. The number of pyridine rings is 1. The fourth-order valence-electron chi connectivity index (χ4n) is 3.96. The van der Waals surface area contributed by atoms with Crippen LogP contribution in [0.4, 0.5) is 0 Å². The summed E-state index contributed by atoms with van der Waals surface area (Å²) >= 11 is 0. The van der Waals surface area contributed by atoms with E-state index in [0.717, 1.165) is 5.56 Å². The minimum absolute atomic E-state index is 0.150. The van der Waals surface area contributed by atoms with Crippen molar-refractivity contribution in [2.24, 2.45) is 17.8 Å². The van der Waals surface area contributed by atoms with Gasteiger partial charge in [0.1, 0.15) is 6.61 Å². The van der Waals surface area contributed by atoms with Crippen molar-refractivity contribution < 1.29 is 9.53 Å². The van der Waals surface area contributed by atoms with E-state index in [1.54, 1.807) is 6.20 Å². The lowest BCUT2D eigenvalue weighted by Gasteiger charge is -2.27. The maximum absolute atomic E-state index is 12.6. The van der Waals surface area contributed by atoms with Gasteiger partial charge < -0.3 is 15.4 Å². The van der Waals surface area contributed by atoms with Gasteiger partial charge in [0.15, 0.2) is 0 Å². The summed E-state index contributed by atoms with van der Waals surface area (Å²) < 4.78 is 5.80. The van der Waals surface area contributed by atoms with Gasteiger partial charge in [-0.25, -0.2) is 4.98 Å². The van der Waals surface area contributed by atoms with Gasteiger partial charge in [0.25, 0.3) is 0 Å². The van der Waals surface area contributed by atoms with Gasteiger partial charge in [-0.1, -0.05) is 6.07 Å². The third kappa shape index (κ3) is 3.20. The molecule has 1 aromatic rings. The first-order valence-corrected chi connectivity index (χ1v) is 8.43. The fraction of sp³-hybridized carbons (Fsp3) is 0.667. The minimum Gasteiger partial charge on any atom is -0.475 e. The number of fused-ring (bicyclic) bond motifs is 1. The maximum Gasteiger partial charge on any atom is 0.224 e. The number of piperidine rings is 1. The summed E-state index contributed by atoms with van der Waals surface area (Å²) in [6, 6.07) is 4.72. The molecule has 1 aliphatic heterocycles. The van der Waals surface area contributed by atoms with Gasteiger partial charge in [-0.05, 0) is 52.5 Å². The number of carbonyl (C=O) groups is 1. The second kappa shape index (κ2) is 5.78. The molecule has 1 unspecified atom stereocenters. The van der Waals surface area contributed by atoms with Crippen molar-refractivity contribution in [3.8, 4) is 5.88 Å². The Kier molecular flexibility index (Phi) is 4.08. The summed E-state index contributed by atoms with van der Waals surface area (Å²) in [6.07, 6.45) is 1.72. The Labute approximate surface area is 138 Å². The topological polar surface area (TPSA) is 63.2 Å². The number of rotatable bonds is 5. The lowest BCUT2D eigenvalue weighted by Crippen LogP contribution is -2.50. The molecule has 5 heteroatoms. The number of hydrogen-bond acceptors (Lipinski definition) is 4. The molecule has 1 aliphatic carbocycles. The second-order valence-electron chi connectivity index (χ2n) is 7.71. The third-order valence-corrected chi connectivity index (χ3v) is 5.11. The van der Waals surface area contributed by atoms with E-state index in [1.807, 2.05) is 32.9 Å². The molecule has 1 saturated heterocycles. The van der Waals surface area contributed by atoms with Crippen LogP contribution in [-0.2, 0) is 4.79 Å². The van der Waals surface area contributed by atoms with E-state index in [1.165, 1.54) is 0 Å². The molecule has 0 bridgehead atoms. The molecule has 1 saturated carbocycles. The third-order valence-electron chi connectivity index (χ3n) is 5.11. The average molecular weight is 317 g/mol. The maximum atomic E-state index is 12.6. The van der Waals surface area contributed by atoms with Crippen molar-refractivity contribution in [3.05, 3.63) is 23.9 Å². The largest absolute Gasteiger partial charge is 0.475 e. The van der Waals surface area contributed by atoms with Gasteiger partial charge in [-0.15, -0.1) is 0 Å². The molecule has 2 N–H and O–H groups in total. The summed E-state index contributed by atoms with van der Waals surface area (Å²) in [6.45, 7) is 10.7. The zero-order valence-corrected chi connectivity index (χ0v) is 14.6. The van der Waals surface area contributed by atoms with E-state index >= 15 is 0 Å². The smallest absolute Gasteiger partial charge is 0.224 e. The zero-order valence-electron chi connectivity index (χ0n) is 14.6. The van der Waals surface area contributed by atoms with Crippen molar-refractivity contribution in [1.29, 1.82) is 0 Å². The van der Waals surface area contributed by atoms with Crippen LogP contribution < -0.4 is 15.4 Å². The van der Waals surface area contributed by atoms with E-state index < -0.39 is 5.54 Å². The zero-order chi connectivity index (χ0) is 16.8. The minimum atomic E-state index is -0.419. The molecule has 5 nitrogen and oxygen atoms in total. The summed E-state index contributed by atoms with van der Waals surface area (Å²) in [5, 5.41) is 6.66. The Bertz CT molecular complexity index is 588. The number of hydrogen-bond donors (Lipinski definition) is 2. The highest BCUT2D eigenvalue weighted by Crippen LogP contribution is 2.54. The number of ether oxygens (including phenoxy) is 1. The number of amides is 1. The SMILES string of the molecule is Cc1cccnc1OCC(C)(C)NC(=O)C1[C@@H]2[C@H]1[C@@H](C)N[C@H]2C. The number of nitrogens with one attached hydrogen (secondary N) is 2. The highest BCUT2D eigenvalue weighted by Gasteiger charge is 2.63. The number of carbonyl (C=O) groups excluding carboxylic acids is 1. The van der Waals surface area contributed by atoms with Crippen LogP contribution in [0, 0.1) is 24.7 Å². The standard InChI is InChI=1S/C18H27N3O2/c1-10-7-6-8-19-17(10)23-9-18(4,5)21-16(22)15-13-11(2)20-12(3)14(13)15/h6-8,11-15,20H,9H2,1-5H3,(H,21,22)/t11-,12+,13-,14+,15?. The Morgan fingerprint density at radius 2 is 2.00 bits per heavy atom. The van der Waals surface area contributed by atoms with E-state index in [4.69, 9.17) is 4.74 Å². The molecule has 0 aromatic carbocycles. The van der Waals surface area contributed by atoms with Crippen molar-refractivity contribution in [3.63, 3.8) is 0 Å². The number of aromatic nitrogens is 1. The van der Waals surface area contributed by atoms with Gasteiger partial charge in [-0.2, -0.15) is 0 Å². The van der Waals surface area contributed by atoms with Crippen LogP contribution in [0.5, 0.6) is 5.88 Å². The lowest BCUT2D eigenvalue weighted by molar-refractivity contribution is -0.125. The van der Waals surface area contributed by atoms with Crippen LogP contribution in [0.25, 0.3) is 0 Å². The Hall–Kier alpha value is -1.62. The molecule has 126 valence electrons. The number of aryl methyl sites for hydroxylation is 1. The molecule has 5 atom stereocenters. The van der Waals surface area contributed by atoms with Gasteiger partial charge >= 0.3 is 0 Å². The molecule has 23 heavy (non-hydrogen) atoms. The Morgan fingerprint density at radius 1 is 1.35 bits per heavy atom. The summed E-state index contributed by atoms with van der Waals surface area (Å²) in [7, 11) is 0. The highest BCUT2D eigenvalue weighted by atomic mass is 16.5. The molecule has 3 rings (SSSR count). The van der Waals surface area contributed by atoms with Gasteiger partial charge in [-0.3, -0.25) is 4.79 Å². The molecule has 0 spiro atoms. The molecule has 2 fully saturated rings. The van der Waals surface area contributed by atoms with Crippen molar-refractivity contribution >= 4 is 5.91 Å². The quantitative estimate of drug-likeness (QED) is 0.871. The van der Waals surface area contributed by atoms with Crippen molar-refractivity contribution in [2.75, 3.05) is 6.61 Å². The van der Waals surface area contributed by atoms with E-state index in [-0.39, 0.29) is 11.8 Å². The van der Waals surface area contributed by atoms with Crippen LogP contribution in [0.15, 0.2) is 18.3 Å². The molecular formula is C18H27N3O2. The van der Waals surface area contributed by atoms with Gasteiger partial charge in [0, 0.05) is 29.8 Å². The summed E-state index contributed by atoms with van der Waals surface area (Å²) in [4.78, 5) is 16.8. The molecule has 2 heterocycles. The molecule has 0 radical (unpaired) electrons.